The molecule has 1 aliphatic rings. The minimum absolute atomic E-state index is 0.112. The molecule has 0 aliphatic heterocycles. The molecule has 0 aromatic heterocycles. The van der Waals surface area contributed by atoms with Crippen LogP contribution < -0.4 is 5.32 Å². The van der Waals surface area contributed by atoms with Gasteiger partial charge >= 0.3 is 0 Å². The van der Waals surface area contributed by atoms with Gasteiger partial charge in [0, 0.05) is 24.7 Å². The van der Waals surface area contributed by atoms with Crippen molar-refractivity contribution in [3.05, 3.63) is 35.9 Å². The molecule has 21 heavy (non-hydrogen) atoms. The second-order valence-corrected chi connectivity index (χ2v) is 7.11. The van der Waals surface area contributed by atoms with Crippen molar-refractivity contribution in [2.45, 2.75) is 51.3 Å². The first-order valence-corrected chi connectivity index (χ1v) is 8.07. The number of likely N-dealkylation sites (N-methyl/N-ethyl adjacent to an activating group) is 1. The summed E-state index contributed by atoms with van der Waals surface area (Å²) in [6.45, 7) is 9.23. The largest absolute Gasteiger partial charge is 0.371 e. The lowest BCUT2D eigenvalue weighted by Gasteiger charge is -2.26. The molecule has 3 heteroatoms. The Balaban J connectivity index is 1.85. The van der Waals surface area contributed by atoms with Crippen LogP contribution in [0.1, 0.15) is 45.3 Å². The summed E-state index contributed by atoms with van der Waals surface area (Å²) in [5.74, 6) is 0. The molecule has 0 heterocycles. The minimum Gasteiger partial charge on any atom is -0.371 e. The minimum atomic E-state index is 0.112. The summed E-state index contributed by atoms with van der Waals surface area (Å²) >= 11 is 0. The first kappa shape index (κ1) is 16.5. The smallest absolute Gasteiger partial charge is 0.0950 e. The SMILES string of the molecule is CN(CCOC(CNC(C)(C)C)c1ccccc1)C1CC1. The van der Waals surface area contributed by atoms with Crippen LogP contribution in [-0.4, -0.2) is 43.2 Å². The van der Waals surface area contributed by atoms with Crippen LogP contribution in [0, 0.1) is 0 Å². The lowest BCUT2D eigenvalue weighted by molar-refractivity contribution is 0.0358. The van der Waals surface area contributed by atoms with E-state index < -0.39 is 0 Å². The van der Waals surface area contributed by atoms with Crippen molar-refractivity contribution in [1.82, 2.24) is 10.2 Å². The Morgan fingerprint density at radius 3 is 2.48 bits per heavy atom. The molecule has 1 atom stereocenters. The molecule has 1 fully saturated rings. The van der Waals surface area contributed by atoms with Crippen LogP contribution in [0.15, 0.2) is 30.3 Å². The highest BCUT2D eigenvalue weighted by molar-refractivity contribution is 5.18. The fourth-order valence-electron chi connectivity index (χ4n) is 2.38. The summed E-state index contributed by atoms with van der Waals surface area (Å²) in [6, 6.07) is 11.3. The molecule has 0 saturated heterocycles. The topological polar surface area (TPSA) is 24.5 Å². The van der Waals surface area contributed by atoms with Crippen LogP contribution in [0.2, 0.25) is 0 Å². The summed E-state index contributed by atoms with van der Waals surface area (Å²) in [6.07, 6.45) is 2.83. The second kappa shape index (κ2) is 7.39. The highest BCUT2D eigenvalue weighted by Crippen LogP contribution is 2.25. The van der Waals surface area contributed by atoms with Gasteiger partial charge in [-0.05, 0) is 46.2 Å². The van der Waals surface area contributed by atoms with E-state index in [-0.39, 0.29) is 11.6 Å². The van der Waals surface area contributed by atoms with Crippen molar-refractivity contribution < 1.29 is 4.74 Å². The fraction of sp³-hybridized carbons (Fsp3) is 0.667. The number of rotatable bonds is 8. The van der Waals surface area contributed by atoms with Gasteiger partial charge in [0.15, 0.2) is 0 Å². The van der Waals surface area contributed by atoms with E-state index in [9.17, 15) is 0 Å². The van der Waals surface area contributed by atoms with E-state index in [0.29, 0.717) is 0 Å². The third kappa shape index (κ3) is 6.16. The molecule has 1 aliphatic carbocycles. The van der Waals surface area contributed by atoms with Crippen molar-refractivity contribution >= 4 is 0 Å². The number of hydrogen-bond donors (Lipinski definition) is 1. The molecule has 1 aromatic rings. The van der Waals surface area contributed by atoms with Crippen molar-refractivity contribution in [2.24, 2.45) is 0 Å². The first-order chi connectivity index (χ1) is 9.96. The van der Waals surface area contributed by atoms with Gasteiger partial charge in [0.25, 0.3) is 0 Å². The molecule has 2 rings (SSSR count). The second-order valence-electron chi connectivity index (χ2n) is 7.11. The zero-order valence-electron chi connectivity index (χ0n) is 13.9. The van der Waals surface area contributed by atoms with Crippen LogP contribution in [0.3, 0.4) is 0 Å². The van der Waals surface area contributed by atoms with E-state index in [1.54, 1.807) is 0 Å². The predicted octanol–water partition coefficient (Wildman–Crippen LogP) is 3.23. The fourth-order valence-corrected chi connectivity index (χ4v) is 2.38. The average Bonchev–Trinajstić information content (AvgIpc) is 3.26. The zero-order chi connectivity index (χ0) is 15.3. The number of ether oxygens (including phenoxy) is 1. The highest BCUT2D eigenvalue weighted by atomic mass is 16.5. The van der Waals surface area contributed by atoms with Gasteiger partial charge in [-0.25, -0.2) is 0 Å². The molecular formula is C18H30N2O. The van der Waals surface area contributed by atoms with Crippen LogP contribution in [0.5, 0.6) is 0 Å². The summed E-state index contributed by atoms with van der Waals surface area (Å²) in [5.41, 5.74) is 1.37. The van der Waals surface area contributed by atoms with Crippen molar-refractivity contribution in [3.63, 3.8) is 0 Å². The van der Waals surface area contributed by atoms with Crippen LogP contribution in [0.25, 0.3) is 0 Å². The Morgan fingerprint density at radius 2 is 1.90 bits per heavy atom. The molecule has 0 bridgehead atoms. The van der Waals surface area contributed by atoms with E-state index in [4.69, 9.17) is 4.74 Å². The highest BCUT2D eigenvalue weighted by Gasteiger charge is 2.26. The van der Waals surface area contributed by atoms with Crippen LogP contribution in [-0.2, 0) is 4.74 Å². The van der Waals surface area contributed by atoms with Gasteiger partial charge in [0.1, 0.15) is 0 Å². The van der Waals surface area contributed by atoms with Gasteiger partial charge in [-0.3, -0.25) is 0 Å². The Morgan fingerprint density at radius 1 is 1.24 bits per heavy atom. The zero-order valence-corrected chi connectivity index (χ0v) is 13.9. The van der Waals surface area contributed by atoms with Crippen LogP contribution >= 0.6 is 0 Å². The first-order valence-electron chi connectivity index (χ1n) is 8.07. The molecule has 1 N–H and O–H groups in total. The van der Waals surface area contributed by atoms with E-state index >= 15 is 0 Å². The van der Waals surface area contributed by atoms with E-state index in [2.05, 4.69) is 68.4 Å². The Hall–Kier alpha value is -0.900. The maximum atomic E-state index is 6.17. The quantitative estimate of drug-likeness (QED) is 0.795. The lowest BCUT2D eigenvalue weighted by atomic mass is 10.1. The van der Waals surface area contributed by atoms with Gasteiger partial charge < -0.3 is 15.0 Å². The predicted molar refractivity (Wildman–Crippen MR) is 88.5 cm³/mol. The Kier molecular flexibility index (Phi) is 5.80. The standard InChI is InChI=1S/C18H30N2O/c1-18(2,3)19-14-17(15-8-6-5-7-9-15)21-13-12-20(4)16-10-11-16/h5-9,16-17,19H,10-14H2,1-4H3. The maximum absolute atomic E-state index is 6.17. The summed E-state index contributed by atoms with van der Waals surface area (Å²) < 4.78 is 6.17. The van der Waals surface area contributed by atoms with Gasteiger partial charge in [-0.1, -0.05) is 30.3 Å². The molecule has 1 unspecified atom stereocenters. The van der Waals surface area contributed by atoms with Gasteiger partial charge in [0.2, 0.25) is 0 Å². The molecule has 118 valence electrons. The van der Waals surface area contributed by atoms with Gasteiger partial charge in [0.05, 0.1) is 12.7 Å². The molecule has 1 aromatic carbocycles. The van der Waals surface area contributed by atoms with Gasteiger partial charge in [-0.2, -0.15) is 0 Å². The third-order valence-electron chi connectivity index (χ3n) is 3.92. The van der Waals surface area contributed by atoms with Crippen molar-refractivity contribution in [1.29, 1.82) is 0 Å². The monoisotopic (exact) mass is 290 g/mol. The molecule has 0 amide bonds. The summed E-state index contributed by atoms with van der Waals surface area (Å²) in [4.78, 5) is 2.42. The number of nitrogens with zero attached hydrogens (tertiary/aromatic N) is 1. The average molecular weight is 290 g/mol. The molecule has 3 nitrogen and oxygen atoms in total. The van der Waals surface area contributed by atoms with Gasteiger partial charge in [-0.15, -0.1) is 0 Å². The van der Waals surface area contributed by atoms with E-state index in [1.807, 2.05) is 0 Å². The number of nitrogens with one attached hydrogen (secondary N) is 1. The summed E-state index contributed by atoms with van der Waals surface area (Å²) in [5, 5.41) is 3.56. The molecular weight excluding hydrogens is 260 g/mol. The molecule has 1 saturated carbocycles. The van der Waals surface area contributed by atoms with E-state index in [0.717, 1.165) is 25.7 Å². The normalized spacial score (nSPS) is 17.2. The number of hydrogen-bond acceptors (Lipinski definition) is 3. The van der Waals surface area contributed by atoms with E-state index in [1.165, 1.54) is 18.4 Å². The molecule has 0 radical (unpaired) electrons. The third-order valence-corrected chi connectivity index (χ3v) is 3.92. The Bertz CT molecular complexity index is 409. The van der Waals surface area contributed by atoms with Crippen LogP contribution in [0.4, 0.5) is 0 Å². The lowest BCUT2D eigenvalue weighted by Crippen LogP contribution is -2.39. The summed E-state index contributed by atoms with van der Waals surface area (Å²) in [7, 11) is 2.20. The van der Waals surface area contributed by atoms with Crippen molar-refractivity contribution in [2.75, 3.05) is 26.7 Å². The molecule has 0 spiro atoms. The number of benzene rings is 1. The Labute approximate surface area is 129 Å². The maximum Gasteiger partial charge on any atom is 0.0950 e. The van der Waals surface area contributed by atoms with Crippen molar-refractivity contribution in [3.8, 4) is 0 Å².